The van der Waals surface area contributed by atoms with Crippen molar-refractivity contribution in [3.8, 4) is 0 Å². The van der Waals surface area contributed by atoms with Crippen LogP contribution in [0.2, 0.25) is 0 Å². The van der Waals surface area contributed by atoms with Gasteiger partial charge in [0.05, 0.1) is 0 Å². The maximum absolute atomic E-state index is 6.18. The van der Waals surface area contributed by atoms with Gasteiger partial charge in [0, 0.05) is 5.38 Å². The maximum Gasteiger partial charge on any atom is 0.0387 e. The Morgan fingerprint density at radius 1 is 1.10 bits per heavy atom. The van der Waals surface area contributed by atoms with E-state index >= 15 is 0 Å². The minimum absolute atomic E-state index is 0.370. The van der Waals surface area contributed by atoms with Gasteiger partial charge in [-0.3, -0.25) is 0 Å². The van der Waals surface area contributed by atoms with Crippen molar-refractivity contribution in [1.82, 2.24) is 0 Å². The number of hydrogen-bond acceptors (Lipinski definition) is 0. The summed E-state index contributed by atoms with van der Waals surface area (Å²) in [6, 6.07) is 0. The lowest BCUT2D eigenvalue weighted by Crippen LogP contribution is -2.19. The predicted octanol–water partition coefficient (Wildman–Crippen LogP) is 3.69. The molecular weight excluding hydrogens is 144 g/mol. The molecule has 0 bridgehead atoms. The van der Waals surface area contributed by atoms with Gasteiger partial charge in [0.1, 0.15) is 0 Å². The molecule has 0 saturated heterocycles. The Morgan fingerprint density at radius 2 is 1.50 bits per heavy atom. The van der Waals surface area contributed by atoms with Crippen LogP contribution in [0.25, 0.3) is 0 Å². The van der Waals surface area contributed by atoms with E-state index in [4.69, 9.17) is 11.6 Å². The smallest absolute Gasteiger partial charge is 0.0387 e. The summed E-state index contributed by atoms with van der Waals surface area (Å²) in [6.45, 7) is 8.81. The van der Waals surface area contributed by atoms with Gasteiger partial charge in [-0.2, -0.15) is 0 Å². The Bertz CT molecular complexity index is 74.8. The molecule has 0 N–H and O–H groups in total. The molecule has 0 aromatic heterocycles. The Labute approximate surface area is 70.0 Å². The Hall–Kier alpha value is 0.290. The molecule has 0 amide bonds. The maximum atomic E-state index is 6.18. The monoisotopic (exact) mass is 162 g/mol. The van der Waals surface area contributed by atoms with Crippen molar-refractivity contribution < 1.29 is 0 Å². The molecule has 0 fully saturated rings. The molecule has 10 heavy (non-hydrogen) atoms. The Balaban J connectivity index is 3.76. The molecular formula is C9H19Cl. The van der Waals surface area contributed by atoms with Gasteiger partial charge < -0.3 is 0 Å². The van der Waals surface area contributed by atoms with E-state index in [0.29, 0.717) is 17.2 Å². The topological polar surface area (TPSA) is 0 Å². The quantitative estimate of drug-likeness (QED) is 0.554. The highest BCUT2D eigenvalue weighted by Crippen LogP contribution is 2.24. The van der Waals surface area contributed by atoms with Crippen molar-refractivity contribution in [3.05, 3.63) is 0 Å². The average Bonchev–Trinajstić information content (AvgIpc) is 1.90. The summed E-state index contributed by atoms with van der Waals surface area (Å²) in [6.07, 6.45) is 2.42. The molecule has 0 aliphatic carbocycles. The molecule has 1 unspecified atom stereocenters. The fraction of sp³-hybridized carbons (Fsp3) is 1.00. The summed E-state index contributed by atoms with van der Waals surface area (Å²) >= 11 is 6.18. The second-order valence-electron chi connectivity index (χ2n) is 3.27. The highest BCUT2D eigenvalue weighted by Gasteiger charge is 2.18. The standard InChI is InChI=1S/C9H19Cl/c1-5-8(6-2)9(10)7(3)4/h7-9H,5-6H2,1-4H3. The van der Waals surface area contributed by atoms with Gasteiger partial charge in [0.2, 0.25) is 0 Å². The summed E-state index contributed by atoms with van der Waals surface area (Å²) < 4.78 is 0. The van der Waals surface area contributed by atoms with Crippen LogP contribution >= 0.6 is 11.6 Å². The zero-order valence-corrected chi connectivity index (χ0v) is 8.28. The van der Waals surface area contributed by atoms with Crippen LogP contribution in [0.1, 0.15) is 40.5 Å². The van der Waals surface area contributed by atoms with E-state index in [9.17, 15) is 0 Å². The molecule has 0 spiro atoms. The van der Waals surface area contributed by atoms with Gasteiger partial charge in [0.25, 0.3) is 0 Å². The van der Waals surface area contributed by atoms with E-state index in [0.717, 1.165) is 0 Å². The molecule has 62 valence electrons. The number of halogens is 1. The van der Waals surface area contributed by atoms with Crippen LogP contribution < -0.4 is 0 Å². The lowest BCUT2D eigenvalue weighted by Gasteiger charge is -2.22. The first kappa shape index (κ1) is 10.3. The molecule has 0 rings (SSSR count). The largest absolute Gasteiger partial charge is 0.122 e. The molecule has 0 aromatic rings. The first-order valence-corrected chi connectivity index (χ1v) is 4.71. The third kappa shape index (κ3) is 2.92. The summed E-state index contributed by atoms with van der Waals surface area (Å²) in [5, 5.41) is 0.370. The fourth-order valence-corrected chi connectivity index (χ4v) is 1.64. The number of alkyl halides is 1. The zero-order chi connectivity index (χ0) is 8.15. The van der Waals surface area contributed by atoms with E-state index in [1.54, 1.807) is 0 Å². The van der Waals surface area contributed by atoms with Crippen LogP contribution in [-0.4, -0.2) is 5.38 Å². The molecule has 0 aliphatic rings. The van der Waals surface area contributed by atoms with Crippen LogP contribution in [0.4, 0.5) is 0 Å². The van der Waals surface area contributed by atoms with E-state index < -0.39 is 0 Å². The SMILES string of the molecule is CCC(CC)C(Cl)C(C)C. The normalized spacial score (nSPS) is 14.7. The van der Waals surface area contributed by atoms with Crippen LogP contribution in [-0.2, 0) is 0 Å². The number of hydrogen-bond donors (Lipinski definition) is 0. The van der Waals surface area contributed by atoms with Crippen molar-refractivity contribution in [2.45, 2.75) is 45.9 Å². The highest BCUT2D eigenvalue weighted by atomic mass is 35.5. The highest BCUT2D eigenvalue weighted by molar-refractivity contribution is 6.20. The molecule has 0 heterocycles. The fourth-order valence-electron chi connectivity index (χ4n) is 1.28. The predicted molar refractivity (Wildman–Crippen MR) is 48.6 cm³/mol. The van der Waals surface area contributed by atoms with Gasteiger partial charge in [-0.1, -0.05) is 40.5 Å². The second kappa shape index (κ2) is 5.01. The number of rotatable bonds is 4. The minimum atomic E-state index is 0.370. The molecule has 1 heteroatoms. The van der Waals surface area contributed by atoms with E-state index in [1.807, 2.05) is 0 Å². The van der Waals surface area contributed by atoms with Crippen molar-refractivity contribution in [3.63, 3.8) is 0 Å². The van der Waals surface area contributed by atoms with Crippen molar-refractivity contribution >= 4 is 11.6 Å². The lowest BCUT2D eigenvalue weighted by atomic mass is 9.92. The summed E-state index contributed by atoms with van der Waals surface area (Å²) in [4.78, 5) is 0. The molecule has 0 saturated carbocycles. The van der Waals surface area contributed by atoms with Crippen LogP contribution in [0.15, 0.2) is 0 Å². The summed E-state index contributed by atoms with van der Waals surface area (Å²) in [7, 11) is 0. The van der Waals surface area contributed by atoms with Crippen molar-refractivity contribution in [1.29, 1.82) is 0 Å². The Morgan fingerprint density at radius 3 is 1.60 bits per heavy atom. The lowest BCUT2D eigenvalue weighted by molar-refractivity contribution is 0.397. The van der Waals surface area contributed by atoms with E-state index in [-0.39, 0.29) is 0 Å². The van der Waals surface area contributed by atoms with Crippen LogP contribution in [0.3, 0.4) is 0 Å². The van der Waals surface area contributed by atoms with Gasteiger partial charge in [0.15, 0.2) is 0 Å². The van der Waals surface area contributed by atoms with Gasteiger partial charge >= 0.3 is 0 Å². The van der Waals surface area contributed by atoms with E-state index in [1.165, 1.54) is 12.8 Å². The molecule has 0 aliphatic heterocycles. The Kier molecular flexibility index (Phi) is 5.15. The average molecular weight is 163 g/mol. The molecule has 0 radical (unpaired) electrons. The first-order chi connectivity index (χ1) is 4.63. The van der Waals surface area contributed by atoms with E-state index in [2.05, 4.69) is 27.7 Å². The molecule has 0 aromatic carbocycles. The van der Waals surface area contributed by atoms with Crippen molar-refractivity contribution in [2.24, 2.45) is 11.8 Å². The van der Waals surface area contributed by atoms with Gasteiger partial charge in [-0.25, -0.2) is 0 Å². The van der Waals surface area contributed by atoms with Gasteiger partial charge in [-0.05, 0) is 11.8 Å². The minimum Gasteiger partial charge on any atom is -0.122 e. The van der Waals surface area contributed by atoms with Crippen LogP contribution in [0.5, 0.6) is 0 Å². The first-order valence-electron chi connectivity index (χ1n) is 4.27. The second-order valence-corrected chi connectivity index (χ2v) is 3.77. The van der Waals surface area contributed by atoms with Crippen molar-refractivity contribution in [2.75, 3.05) is 0 Å². The molecule has 1 atom stereocenters. The summed E-state index contributed by atoms with van der Waals surface area (Å²) in [5.41, 5.74) is 0. The van der Waals surface area contributed by atoms with Gasteiger partial charge in [-0.15, -0.1) is 11.6 Å². The third-order valence-electron chi connectivity index (χ3n) is 2.14. The molecule has 0 nitrogen and oxygen atoms in total. The third-order valence-corrected chi connectivity index (χ3v) is 3.00. The van der Waals surface area contributed by atoms with Crippen LogP contribution in [0, 0.1) is 11.8 Å². The zero-order valence-electron chi connectivity index (χ0n) is 7.52. The summed E-state index contributed by atoms with van der Waals surface area (Å²) in [5.74, 6) is 1.33.